The summed E-state index contributed by atoms with van der Waals surface area (Å²) in [6.45, 7) is 4.04. The largest absolute Gasteiger partial charge is 0.478 e. The second kappa shape index (κ2) is 8.68. The van der Waals surface area contributed by atoms with Crippen LogP contribution < -0.4 is 0 Å². The Balaban J connectivity index is 1.64. The molecule has 1 aliphatic rings. The Labute approximate surface area is 194 Å². The van der Waals surface area contributed by atoms with Gasteiger partial charge in [-0.15, -0.1) is 0 Å². The van der Waals surface area contributed by atoms with Gasteiger partial charge >= 0.3 is 5.97 Å². The molecule has 0 radical (unpaired) electrons. The molecule has 1 aromatic heterocycles. The third kappa shape index (κ3) is 4.22. The Hall–Kier alpha value is -3.29. The first-order valence-electron chi connectivity index (χ1n) is 9.79. The highest BCUT2D eigenvalue weighted by atomic mass is 35.5. The molecule has 2 heterocycles. The number of halogens is 1. The minimum Gasteiger partial charge on any atom is -0.478 e. The number of hydrogen-bond donors (Lipinski definition) is 1. The molecule has 4 rings (SSSR count). The van der Waals surface area contributed by atoms with Crippen molar-refractivity contribution < 1.29 is 14.7 Å². The number of hydrogen-bond acceptors (Lipinski definition) is 4. The quantitative estimate of drug-likeness (QED) is 0.503. The Kier molecular flexibility index (Phi) is 5.95. The average Bonchev–Trinajstić information content (AvgIpc) is 3.19. The van der Waals surface area contributed by atoms with E-state index in [1.807, 2.05) is 50.3 Å². The van der Waals surface area contributed by atoms with Crippen LogP contribution in [0.15, 0.2) is 64.5 Å². The Morgan fingerprint density at radius 2 is 1.75 bits per heavy atom. The third-order valence-electron chi connectivity index (χ3n) is 5.18. The molecule has 0 saturated carbocycles. The number of likely N-dealkylation sites (N-methyl/N-ethyl adjacent to an activating group) is 1. The van der Waals surface area contributed by atoms with Crippen molar-refractivity contribution in [3.63, 3.8) is 0 Å². The van der Waals surface area contributed by atoms with E-state index in [2.05, 4.69) is 9.56 Å². The van der Waals surface area contributed by atoms with Gasteiger partial charge < -0.3 is 9.67 Å². The summed E-state index contributed by atoms with van der Waals surface area (Å²) in [7, 11) is 1.68. The van der Waals surface area contributed by atoms with Crippen LogP contribution in [-0.4, -0.2) is 38.7 Å². The first kappa shape index (κ1) is 21.9. The highest BCUT2D eigenvalue weighted by Crippen LogP contribution is 2.34. The maximum Gasteiger partial charge on any atom is 0.335 e. The van der Waals surface area contributed by atoms with E-state index < -0.39 is 5.97 Å². The van der Waals surface area contributed by atoms with Gasteiger partial charge in [0.2, 0.25) is 0 Å². The lowest BCUT2D eigenvalue weighted by Gasteiger charge is -2.09. The minimum absolute atomic E-state index is 0.132. The van der Waals surface area contributed by atoms with Gasteiger partial charge in [0.15, 0.2) is 5.17 Å². The van der Waals surface area contributed by atoms with Crippen molar-refractivity contribution in [2.24, 2.45) is 4.99 Å². The molecule has 1 aliphatic heterocycles. The molecule has 1 N–H and O–H groups in total. The number of thioether (sulfide) groups is 1. The fourth-order valence-corrected chi connectivity index (χ4v) is 4.61. The summed E-state index contributed by atoms with van der Waals surface area (Å²) >= 11 is 7.31. The maximum absolute atomic E-state index is 12.8. The molecule has 0 bridgehead atoms. The van der Waals surface area contributed by atoms with Gasteiger partial charge in [-0.3, -0.25) is 9.69 Å². The number of nitrogens with zero attached hydrogens (tertiary/aromatic N) is 3. The fourth-order valence-electron chi connectivity index (χ4n) is 3.50. The zero-order chi connectivity index (χ0) is 23.0. The first-order chi connectivity index (χ1) is 15.2. The second-order valence-corrected chi connectivity index (χ2v) is 8.81. The number of aryl methyl sites for hydroxylation is 1. The minimum atomic E-state index is -0.992. The van der Waals surface area contributed by atoms with Gasteiger partial charge in [0.1, 0.15) is 0 Å². The monoisotopic (exact) mass is 465 g/mol. The first-order valence-corrected chi connectivity index (χ1v) is 11.0. The number of aliphatic imine (C=N–C) groups is 1. The molecule has 32 heavy (non-hydrogen) atoms. The van der Waals surface area contributed by atoms with Gasteiger partial charge in [-0.25, -0.2) is 9.79 Å². The lowest BCUT2D eigenvalue weighted by molar-refractivity contribution is -0.121. The van der Waals surface area contributed by atoms with Crippen LogP contribution in [0.5, 0.6) is 0 Å². The van der Waals surface area contributed by atoms with E-state index in [1.165, 1.54) is 28.8 Å². The summed E-state index contributed by atoms with van der Waals surface area (Å²) in [5, 5.41) is 10.2. The number of aromatic carboxylic acids is 1. The molecule has 0 unspecified atom stereocenters. The van der Waals surface area contributed by atoms with Crippen LogP contribution in [0.3, 0.4) is 0 Å². The number of carbonyl (C=O) groups excluding carboxylic acids is 1. The van der Waals surface area contributed by atoms with Crippen molar-refractivity contribution in [1.82, 2.24) is 9.47 Å². The van der Waals surface area contributed by atoms with Crippen molar-refractivity contribution in [1.29, 1.82) is 0 Å². The molecule has 1 fully saturated rings. The highest BCUT2D eigenvalue weighted by Gasteiger charge is 2.30. The van der Waals surface area contributed by atoms with E-state index in [-0.39, 0.29) is 11.5 Å². The highest BCUT2D eigenvalue weighted by molar-refractivity contribution is 8.18. The molecule has 0 atom stereocenters. The standard InChI is InChI=1S/C24H20ClN3O3S/c1-14-12-17(15(2)28(14)20-10-6-18(25)7-11-20)13-21-22(29)27(3)24(32-21)26-19-8-4-16(5-9-19)23(30)31/h4-13H,1-3H3,(H,30,31)/b21-13-,26-24?. The average molecular weight is 466 g/mol. The number of amides is 1. The van der Waals surface area contributed by atoms with Gasteiger partial charge in [-0.05, 0) is 91.8 Å². The van der Waals surface area contributed by atoms with Crippen LogP contribution in [0.25, 0.3) is 11.8 Å². The van der Waals surface area contributed by atoms with Gasteiger partial charge in [0.25, 0.3) is 5.91 Å². The fraction of sp³-hybridized carbons (Fsp3) is 0.125. The molecule has 8 heteroatoms. The summed E-state index contributed by atoms with van der Waals surface area (Å²) in [5.41, 5.74) is 4.79. The van der Waals surface area contributed by atoms with Gasteiger partial charge in [0.05, 0.1) is 16.2 Å². The second-order valence-electron chi connectivity index (χ2n) is 7.36. The van der Waals surface area contributed by atoms with Crippen molar-refractivity contribution in [2.75, 3.05) is 7.05 Å². The Morgan fingerprint density at radius 3 is 2.38 bits per heavy atom. The summed E-state index contributed by atoms with van der Waals surface area (Å²) in [5.74, 6) is -1.12. The molecule has 1 amide bonds. The number of carbonyl (C=O) groups is 2. The molecule has 162 valence electrons. The zero-order valence-corrected chi connectivity index (χ0v) is 19.2. The van der Waals surface area contributed by atoms with E-state index in [0.29, 0.717) is 20.8 Å². The summed E-state index contributed by atoms with van der Waals surface area (Å²) in [6.07, 6.45) is 1.88. The van der Waals surface area contributed by atoms with E-state index in [4.69, 9.17) is 16.7 Å². The topological polar surface area (TPSA) is 74.9 Å². The van der Waals surface area contributed by atoms with Crippen LogP contribution in [0.2, 0.25) is 5.02 Å². The van der Waals surface area contributed by atoms with Gasteiger partial charge in [-0.1, -0.05) is 11.6 Å². The molecular formula is C24H20ClN3O3S. The Morgan fingerprint density at radius 1 is 1.09 bits per heavy atom. The molecular weight excluding hydrogens is 446 g/mol. The van der Waals surface area contributed by atoms with Crippen LogP contribution >= 0.6 is 23.4 Å². The SMILES string of the molecule is Cc1cc(/C=C2\SC(=Nc3ccc(C(=O)O)cc3)N(C)C2=O)c(C)n1-c1ccc(Cl)cc1. The van der Waals surface area contributed by atoms with Gasteiger partial charge in [-0.2, -0.15) is 0 Å². The smallest absolute Gasteiger partial charge is 0.335 e. The molecule has 1 saturated heterocycles. The van der Waals surface area contributed by atoms with Crippen molar-refractivity contribution in [2.45, 2.75) is 13.8 Å². The molecule has 0 aliphatic carbocycles. The molecule has 6 nitrogen and oxygen atoms in total. The number of benzene rings is 2. The summed E-state index contributed by atoms with van der Waals surface area (Å²) in [6, 6.07) is 15.9. The number of carboxylic acids is 1. The van der Waals surface area contributed by atoms with Crippen molar-refractivity contribution in [3.8, 4) is 5.69 Å². The van der Waals surface area contributed by atoms with Crippen LogP contribution in [0.1, 0.15) is 27.3 Å². The molecule has 0 spiro atoms. The molecule has 2 aromatic carbocycles. The predicted octanol–water partition coefficient (Wildman–Crippen LogP) is 5.68. The van der Waals surface area contributed by atoms with Crippen LogP contribution in [0.4, 0.5) is 5.69 Å². The van der Waals surface area contributed by atoms with Crippen LogP contribution in [0, 0.1) is 13.8 Å². The summed E-state index contributed by atoms with van der Waals surface area (Å²) < 4.78 is 2.12. The molecule has 3 aromatic rings. The lowest BCUT2D eigenvalue weighted by Crippen LogP contribution is -2.23. The maximum atomic E-state index is 12.8. The summed E-state index contributed by atoms with van der Waals surface area (Å²) in [4.78, 5) is 30.4. The van der Waals surface area contributed by atoms with E-state index in [1.54, 1.807) is 19.2 Å². The van der Waals surface area contributed by atoms with E-state index in [0.717, 1.165) is 22.6 Å². The number of rotatable bonds is 4. The van der Waals surface area contributed by atoms with Crippen molar-refractivity contribution >= 4 is 52.2 Å². The third-order valence-corrected chi connectivity index (χ3v) is 6.50. The Bertz CT molecular complexity index is 1280. The van der Waals surface area contributed by atoms with Gasteiger partial charge in [0, 0.05) is 29.1 Å². The number of carboxylic acid groups (broad SMARTS) is 1. The van der Waals surface area contributed by atoms with E-state index in [9.17, 15) is 9.59 Å². The normalized spacial score (nSPS) is 16.4. The van der Waals surface area contributed by atoms with Crippen molar-refractivity contribution in [3.05, 3.63) is 87.0 Å². The predicted molar refractivity (Wildman–Crippen MR) is 129 cm³/mol. The lowest BCUT2D eigenvalue weighted by atomic mass is 10.2. The zero-order valence-electron chi connectivity index (χ0n) is 17.7. The van der Waals surface area contributed by atoms with Crippen LogP contribution in [-0.2, 0) is 4.79 Å². The van der Waals surface area contributed by atoms with E-state index >= 15 is 0 Å². The number of aromatic nitrogens is 1. The number of amidine groups is 1.